The molecular weight excluding hydrogens is 308 g/mol. The third-order valence-electron chi connectivity index (χ3n) is 4.80. The second-order valence-electron chi connectivity index (χ2n) is 6.52. The zero-order chi connectivity index (χ0) is 17.6. The van der Waals surface area contributed by atoms with Gasteiger partial charge in [-0.05, 0) is 37.6 Å². The molecule has 0 fully saturated rings. The molecule has 0 atom stereocenters. The summed E-state index contributed by atoms with van der Waals surface area (Å²) < 4.78 is 6.57. The molecule has 0 aliphatic carbocycles. The number of fused-ring (bicyclic) bond motifs is 1. The summed E-state index contributed by atoms with van der Waals surface area (Å²) in [5.41, 5.74) is 6.02. The van der Waals surface area contributed by atoms with E-state index >= 15 is 0 Å². The van der Waals surface area contributed by atoms with Crippen LogP contribution in [0.15, 0.2) is 61.1 Å². The molecule has 4 aromatic rings. The smallest absolute Gasteiger partial charge is 0.200 e. The first-order valence-corrected chi connectivity index (χ1v) is 8.48. The van der Waals surface area contributed by atoms with Gasteiger partial charge in [-0.25, -0.2) is 4.57 Å². The van der Waals surface area contributed by atoms with Crippen molar-refractivity contribution in [3.8, 4) is 11.4 Å². The average Bonchev–Trinajstić information content (AvgIpc) is 2.94. The van der Waals surface area contributed by atoms with E-state index in [4.69, 9.17) is 0 Å². The van der Waals surface area contributed by atoms with E-state index in [0.717, 1.165) is 5.82 Å². The standard InChI is InChI=1S/C21H22N4/c1-15-12-20(24-11-7-10-22-17(24)3)16(2)21(13-15)25-14-18-8-5-6-9-19(18)23(25)4/h5-14H,1-4H3/q+2. The van der Waals surface area contributed by atoms with Crippen molar-refractivity contribution >= 4 is 10.9 Å². The summed E-state index contributed by atoms with van der Waals surface area (Å²) in [4.78, 5) is 4.43. The van der Waals surface area contributed by atoms with Crippen LogP contribution in [0, 0.1) is 20.8 Å². The van der Waals surface area contributed by atoms with Crippen molar-refractivity contribution in [2.24, 2.45) is 7.05 Å². The molecule has 0 amide bonds. The van der Waals surface area contributed by atoms with Gasteiger partial charge in [-0.15, -0.1) is 9.36 Å². The van der Waals surface area contributed by atoms with Crippen LogP contribution in [0.1, 0.15) is 17.0 Å². The molecule has 0 radical (unpaired) electrons. The minimum absolute atomic E-state index is 0.976. The molecule has 0 saturated heterocycles. The van der Waals surface area contributed by atoms with E-state index in [-0.39, 0.29) is 0 Å². The van der Waals surface area contributed by atoms with Crippen molar-refractivity contribution < 1.29 is 9.25 Å². The van der Waals surface area contributed by atoms with E-state index in [1.807, 2.05) is 19.2 Å². The zero-order valence-electron chi connectivity index (χ0n) is 15.1. The third-order valence-corrected chi connectivity index (χ3v) is 4.80. The summed E-state index contributed by atoms with van der Waals surface area (Å²) in [6.45, 7) is 6.35. The van der Waals surface area contributed by atoms with Crippen LogP contribution in [-0.4, -0.2) is 9.67 Å². The predicted octanol–water partition coefficient (Wildman–Crippen LogP) is 3.05. The second-order valence-corrected chi connectivity index (χ2v) is 6.52. The number of hydrogen-bond acceptors (Lipinski definition) is 1. The SMILES string of the molecule is Cc1cc(-n2cc3ccccc3[n+]2C)c(C)c(-[n+]2cccnc2C)c1. The minimum atomic E-state index is 0.976. The van der Waals surface area contributed by atoms with E-state index in [1.165, 1.54) is 33.4 Å². The Morgan fingerprint density at radius 1 is 1.00 bits per heavy atom. The number of nitrogens with zero attached hydrogens (tertiary/aromatic N) is 4. The van der Waals surface area contributed by atoms with Gasteiger partial charge in [-0.1, -0.05) is 17.1 Å². The van der Waals surface area contributed by atoms with Crippen molar-refractivity contribution in [1.82, 2.24) is 9.67 Å². The molecule has 0 saturated carbocycles. The van der Waals surface area contributed by atoms with Crippen molar-refractivity contribution in [1.29, 1.82) is 0 Å². The molecule has 124 valence electrons. The topological polar surface area (TPSA) is 25.6 Å². The van der Waals surface area contributed by atoms with Crippen LogP contribution >= 0.6 is 0 Å². The quantitative estimate of drug-likeness (QED) is 0.519. The zero-order valence-corrected chi connectivity index (χ0v) is 15.1. The predicted molar refractivity (Wildman–Crippen MR) is 98.0 cm³/mol. The first-order chi connectivity index (χ1) is 12.1. The first-order valence-electron chi connectivity index (χ1n) is 8.48. The summed E-state index contributed by atoms with van der Waals surface area (Å²) in [6.07, 6.45) is 6.10. The molecule has 2 aromatic carbocycles. The van der Waals surface area contributed by atoms with Gasteiger partial charge >= 0.3 is 0 Å². The largest absolute Gasteiger partial charge is 0.300 e. The fourth-order valence-electron chi connectivity index (χ4n) is 3.47. The molecule has 4 rings (SSSR count). The maximum atomic E-state index is 4.43. The van der Waals surface area contributed by atoms with Gasteiger partial charge in [0.2, 0.25) is 5.52 Å². The van der Waals surface area contributed by atoms with Crippen LogP contribution in [0.25, 0.3) is 22.3 Å². The Balaban J connectivity index is 2.00. The molecule has 0 bridgehead atoms. The summed E-state index contributed by atoms with van der Waals surface area (Å²) in [7, 11) is 2.10. The van der Waals surface area contributed by atoms with Crippen LogP contribution in [0.2, 0.25) is 0 Å². The minimum Gasteiger partial charge on any atom is -0.200 e. The number of hydrogen-bond donors (Lipinski definition) is 0. The number of aryl methyl sites for hydroxylation is 3. The van der Waals surface area contributed by atoms with E-state index in [2.05, 4.69) is 88.6 Å². The summed E-state index contributed by atoms with van der Waals surface area (Å²) in [6, 6.07) is 14.9. The van der Waals surface area contributed by atoms with Crippen LogP contribution in [0.4, 0.5) is 0 Å². The first kappa shape index (κ1) is 15.5. The van der Waals surface area contributed by atoms with Gasteiger partial charge in [0.15, 0.2) is 7.05 Å². The maximum absolute atomic E-state index is 4.43. The Labute approximate surface area is 147 Å². The van der Waals surface area contributed by atoms with Crippen LogP contribution in [0.5, 0.6) is 0 Å². The molecule has 25 heavy (non-hydrogen) atoms. The summed E-state index contributed by atoms with van der Waals surface area (Å²) in [5.74, 6) is 0.976. The Morgan fingerprint density at radius 3 is 2.56 bits per heavy atom. The maximum Gasteiger partial charge on any atom is 0.300 e. The van der Waals surface area contributed by atoms with Crippen molar-refractivity contribution in [3.05, 3.63) is 78.0 Å². The van der Waals surface area contributed by atoms with Gasteiger partial charge < -0.3 is 0 Å². The van der Waals surface area contributed by atoms with Gasteiger partial charge in [-0.3, -0.25) is 0 Å². The molecule has 0 aliphatic heterocycles. The highest BCUT2D eigenvalue weighted by Gasteiger charge is 2.20. The Morgan fingerprint density at radius 2 is 1.80 bits per heavy atom. The summed E-state index contributed by atoms with van der Waals surface area (Å²) >= 11 is 0. The van der Waals surface area contributed by atoms with Crippen molar-refractivity contribution in [3.63, 3.8) is 0 Å². The highest BCUT2D eigenvalue weighted by atomic mass is 15.4. The van der Waals surface area contributed by atoms with E-state index in [0.29, 0.717) is 0 Å². The fourth-order valence-corrected chi connectivity index (χ4v) is 3.47. The highest BCUT2D eigenvalue weighted by molar-refractivity contribution is 5.75. The van der Waals surface area contributed by atoms with Crippen LogP contribution in [-0.2, 0) is 7.05 Å². The van der Waals surface area contributed by atoms with Gasteiger partial charge in [0.1, 0.15) is 23.8 Å². The lowest BCUT2D eigenvalue weighted by Gasteiger charge is -2.11. The second kappa shape index (κ2) is 5.81. The fraction of sp³-hybridized carbons (Fsp3) is 0.190. The Bertz CT molecular complexity index is 1090. The third kappa shape index (κ3) is 2.50. The number of para-hydroxylation sites is 1. The van der Waals surface area contributed by atoms with E-state index < -0.39 is 0 Å². The van der Waals surface area contributed by atoms with Crippen molar-refractivity contribution in [2.45, 2.75) is 20.8 Å². The lowest BCUT2D eigenvalue weighted by atomic mass is 10.1. The molecule has 2 heterocycles. The molecular formula is C21H22N4+2. The normalized spacial score (nSPS) is 11.2. The lowest BCUT2D eigenvalue weighted by molar-refractivity contribution is -0.720. The van der Waals surface area contributed by atoms with Gasteiger partial charge in [-0.2, -0.15) is 0 Å². The van der Waals surface area contributed by atoms with Gasteiger partial charge in [0.05, 0.1) is 11.6 Å². The molecule has 4 heteroatoms. The molecule has 0 spiro atoms. The van der Waals surface area contributed by atoms with Crippen LogP contribution < -0.4 is 9.25 Å². The van der Waals surface area contributed by atoms with Crippen molar-refractivity contribution in [2.75, 3.05) is 0 Å². The Hall–Kier alpha value is -3.01. The number of benzene rings is 2. The molecule has 2 aromatic heterocycles. The monoisotopic (exact) mass is 330 g/mol. The Kier molecular flexibility index (Phi) is 3.61. The average molecular weight is 330 g/mol. The number of rotatable bonds is 2. The molecule has 0 N–H and O–H groups in total. The van der Waals surface area contributed by atoms with Gasteiger partial charge in [0.25, 0.3) is 5.82 Å². The molecule has 4 nitrogen and oxygen atoms in total. The summed E-state index contributed by atoms with van der Waals surface area (Å²) in [5, 5.41) is 1.23. The molecule has 0 unspecified atom stereocenters. The number of aromatic nitrogens is 4. The van der Waals surface area contributed by atoms with Crippen LogP contribution in [0.3, 0.4) is 0 Å². The highest BCUT2D eigenvalue weighted by Crippen LogP contribution is 2.22. The van der Waals surface area contributed by atoms with E-state index in [1.54, 1.807) is 0 Å². The van der Waals surface area contributed by atoms with Gasteiger partial charge in [0, 0.05) is 24.6 Å². The lowest BCUT2D eigenvalue weighted by Crippen LogP contribution is -2.39. The van der Waals surface area contributed by atoms with E-state index in [9.17, 15) is 0 Å². The molecule has 0 aliphatic rings.